The highest BCUT2D eigenvalue weighted by Gasteiger charge is 2.19. The molecule has 1 heterocycles. The molecule has 0 bridgehead atoms. The Morgan fingerprint density at radius 2 is 1.95 bits per heavy atom. The summed E-state index contributed by atoms with van der Waals surface area (Å²) in [6.45, 7) is 1.89. The molecule has 0 aliphatic carbocycles. The third-order valence-electron chi connectivity index (χ3n) is 3.61. The van der Waals surface area contributed by atoms with Gasteiger partial charge in [-0.25, -0.2) is 4.39 Å². The number of aryl methyl sites for hydroxylation is 1. The molecule has 0 amide bonds. The van der Waals surface area contributed by atoms with Gasteiger partial charge in [0.25, 0.3) is 0 Å². The average molecular weight is 304 g/mol. The lowest BCUT2D eigenvalue weighted by Gasteiger charge is -2.16. The minimum Gasteiger partial charge on any atom is -0.459 e. The molecule has 0 fully saturated rings. The highest BCUT2D eigenvalue weighted by atomic mass is 35.5. The molecule has 3 aromatic rings. The molecule has 1 atom stereocenters. The van der Waals surface area contributed by atoms with Crippen LogP contribution in [0.2, 0.25) is 5.02 Å². The van der Waals surface area contributed by atoms with E-state index in [1.54, 1.807) is 12.1 Å². The van der Waals surface area contributed by atoms with Crippen LogP contribution in [0.3, 0.4) is 0 Å². The number of benzene rings is 2. The van der Waals surface area contributed by atoms with Crippen LogP contribution >= 0.6 is 11.6 Å². The second-order valence-corrected chi connectivity index (χ2v) is 5.49. The van der Waals surface area contributed by atoms with Crippen molar-refractivity contribution in [3.05, 3.63) is 70.2 Å². The molecule has 1 unspecified atom stereocenters. The zero-order valence-electron chi connectivity index (χ0n) is 11.8. The minimum atomic E-state index is -0.234. The van der Waals surface area contributed by atoms with Crippen LogP contribution in [-0.2, 0) is 0 Å². The molecule has 0 radical (unpaired) electrons. The summed E-state index contributed by atoms with van der Waals surface area (Å²) in [4.78, 5) is 0. The fourth-order valence-corrected chi connectivity index (χ4v) is 2.77. The molecular weight excluding hydrogens is 289 g/mol. The average Bonchev–Trinajstić information content (AvgIpc) is 2.84. The van der Waals surface area contributed by atoms with E-state index in [-0.39, 0.29) is 11.9 Å². The van der Waals surface area contributed by atoms with E-state index in [0.717, 1.165) is 27.9 Å². The number of hydrogen-bond acceptors (Lipinski definition) is 2. The normalized spacial score (nSPS) is 12.8. The summed E-state index contributed by atoms with van der Waals surface area (Å²) in [7, 11) is 1.85. The number of halogens is 2. The Labute approximate surface area is 127 Å². The van der Waals surface area contributed by atoms with Gasteiger partial charge in [0.05, 0.1) is 6.04 Å². The van der Waals surface area contributed by atoms with Crippen molar-refractivity contribution in [1.82, 2.24) is 5.32 Å². The van der Waals surface area contributed by atoms with E-state index in [1.165, 1.54) is 12.1 Å². The number of hydrogen-bond donors (Lipinski definition) is 1. The Bertz CT molecular complexity index is 797. The molecule has 0 saturated heterocycles. The van der Waals surface area contributed by atoms with Crippen molar-refractivity contribution in [2.45, 2.75) is 13.0 Å². The van der Waals surface area contributed by atoms with E-state index in [9.17, 15) is 4.39 Å². The summed E-state index contributed by atoms with van der Waals surface area (Å²) >= 11 is 6.00. The first-order valence-electron chi connectivity index (χ1n) is 6.71. The Morgan fingerprint density at radius 3 is 2.67 bits per heavy atom. The van der Waals surface area contributed by atoms with Gasteiger partial charge in [-0.15, -0.1) is 0 Å². The van der Waals surface area contributed by atoms with Gasteiger partial charge in [0.1, 0.15) is 17.2 Å². The molecule has 0 saturated carbocycles. The smallest absolute Gasteiger partial charge is 0.134 e. The van der Waals surface area contributed by atoms with Crippen molar-refractivity contribution >= 4 is 22.6 Å². The van der Waals surface area contributed by atoms with Gasteiger partial charge in [0.15, 0.2) is 0 Å². The number of fused-ring (bicyclic) bond motifs is 1. The monoisotopic (exact) mass is 303 g/mol. The fraction of sp³-hybridized carbons (Fsp3) is 0.176. The van der Waals surface area contributed by atoms with Gasteiger partial charge in [0, 0.05) is 10.4 Å². The van der Waals surface area contributed by atoms with Crippen molar-refractivity contribution in [2.75, 3.05) is 7.05 Å². The first kappa shape index (κ1) is 14.1. The van der Waals surface area contributed by atoms with Gasteiger partial charge in [-0.3, -0.25) is 0 Å². The van der Waals surface area contributed by atoms with Crippen LogP contribution in [0.15, 0.2) is 46.9 Å². The topological polar surface area (TPSA) is 25.2 Å². The maximum absolute atomic E-state index is 13.3. The van der Waals surface area contributed by atoms with Crippen LogP contribution in [0.25, 0.3) is 11.0 Å². The molecule has 2 nitrogen and oxygen atoms in total. The van der Waals surface area contributed by atoms with Crippen LogP contribution in [0, 0.1) is 12.7 Å². The van der Waals surface area contributed by atoms with Gasteiger partial charge in [0.2, 0.25) is 0 Å². The van der Waals surface area contributed by atoms with E-state index < -0.39 is 0 Å². The SMILES string of the molecule is CNC(c1cc2cc(Cl)ccc2o1)c1ccc(F)cc1C. The number of nitrogens with one attached hydrogen (secondary N) is 1. The van der Waals surface area contributed by atoms with Crippen LogP contribution in [0.5, 0.6) is 0 Å². The second-order valence-electron chi connectivity index (χ2n) is 5.05. The van der Waals surface area contributed by atoms with E-state index in [2.05, 4.69) is 5.32 Å². The predicted octanol–water partition coefficient (Wildman–Crippen LogP) is 4.84. The summed E-state index contributed by atoms with van der Waals surface area (Å²) in [5, 5.41) is 4.85. The third kappa shape index (κ3) is 2.67. The minimum absolute atomic E-state index is 0.128. The van der Waals surface area contributed by atoms with Gasteiger partial charge in [-0.1, -0.05) is 17.7 Å². The van der Waals surface area contributed by atoms with Crippen molar-refractivity contribution in [1.29, 1.82) is 0 Å². The molecule has 4 heteroatoms. The molecule has 2 aromatic carbocycles. The first-order valence-corrected chi connectivity index (χ1v) is 7.08. The van der Waals surface area contributed by atoms with Crippen molar-refractivity contribution < 1.29 is 8.81 Å². The van der Waals surface area contributed by atoms with Crippen LogP contribution < -0.4 is 5.32 Å². The van der Waals surface area contributed by atoms with Crippen LogP contribution in [-0.4, -0.2) is 7.05 Å². The summed E-state index contributed by atoms with van der Waals surface area (Å²) in [6, 6.07) is 12.1. The lowest BCUT2D eigenvalue weighted by atomic mass is 9.99. The summed E-state index contributed by atoms with van der Waals surface area (Å²) < 4.78 is 19.2. The summed E-state index contributed by atoms with van der Waals surface area (Å²) in [6.07, 6.45) is 0. The summed E-state index contributed by atoms with van der Waals surface area (Å²) in [5.74, 6) is 0.548. The third-order valence-corrected chi connectivity index (χ3v) is 3.85. The maximum Gasteiger partial charge on any atom is 0.134 e. The molecule has 21 heavy (non-hydrogen) atoms. The fourth-order valence-electron chi connectivity index (χ4n) is 2.59. The molecule has 3 rings (SSSR count). The Hall–Kier alpha value is -1.84. The van der Waals surface area contributed by atoms with E-state index in [0.29, 0.717) is 5.02 Å². The standard InChI is InChI=1S/C17H15ClFNO/c1-10-7-13(19)4-5-14(10)17(20-2)16-9-11-8-12(18)3-6-15(11)21-16/h3-9,17,20H,1-2H3. The van der Waals surface area contributed by atoms with Gasteiger partial charge in [-0.2, -0.15) is 0 Å². The van der Waals surface area contributed by atoms with E-state index >= 15 is 0 Å². The molecular formula is C17H15ClFNO. The zero-order valence-corrected chi connectivity index (χ0v) is 12.5. The van der Waals surface area contributed by atoms with Crippen molar-refractivity contribution in [3.63, 3.8) is 0 Å². The molecule has 108 valence electrons. The first-order chi connectivity index (χ1) is 10.1. The lowest BCUT2D eigenvalue weighted by Crippen LogP contribution is -2.18. The van der Waals surface area contributed by atoms with Crippen LogP contribution in [0.1, 0.15) is 22.9 Å². The summed E-state index contributed by atoms with van der Waals surface area (Å²) in [5.41, 5.74) is 2.66. The van der Waals surface area contributed by atoms with Gasteiger partial charge < -0.3 is 9.73 Å². The van der Waals surface area contributed by atoms with Gasteiger partial charge >= 0.3 is 0 Å². The molecule has 1 N–H and O–H groups in total. The quantitative estimate of drug-likeness (QED) is 0.749. The highest BCUT2D eigenvalue weighted by Crippen LogP contribution is 2.31. The van der Waals surface area contributed by atoms with E-state index in [1.807, 2.05) is 32.2 Å². The van der Waals surface area contributed by atoms with Crippen molar-refractivity contribution in [2.24, 2.45) is 0 Å². The van der Waals surface area contributed by atoms with Crippen LogP contribution in [0.4, 0.5) is 4.39 Å². The zero-order chi connectivity index (χ0) is 15.0. The lowest BCUT2D eigenvalue weighted by molar-refractivity contribution is 0.490. The Morgan fingerprint density at radius 1 is 1.14 bits per heavy atom. The molecule has 0 aliphatic heterocycles. The number of rotatable bonds is 3. The Kier molecular flexibility index (Phi) is 3.70. The molecule has 0 aliphatic rings. The highest BCUT2D eigenvalue weighted by molar-refractivity contribution is 6.31. The second kappa shape index (κ2) is 5.51. The van der Waals surface area contributed by atoms with Gasteiger partial charge in [-0.05, 0) is 61.5 Å². The van der Waals surface area contributed by atoms with E-state index in [4.69, 9.17) is 16.0 Å². The predicted molar refractivity (Wildman–Crippen MR) is 83.3 cm³/mol. The Balaban J connectivity index is 2.09. The largest absolute Gasteiger partial charge is 0.459 e. The molecule has 0 spiro atoms. The van der Waals surface area contributed by atoms with Crippen molar-refractivity contribution in [3.8, 4) is 0 Å². The number of furan rings is 1. The maximum atomic E-state index is 13.3. The molecule has 1 aromatic heterocycles.